The van der Waals surface area contributed by atoms with Crippen LogP contribution in [0.5, 0.6) is 0 Å². The number of fused-ring (bicyclic) bond motifs is 3. The zero-order valence-corrected chi connectivity index (χ0v) is 21.6. The molecule has 0 N–H and O–H groups in total. The Morgan fingerprint density at radius 1 is 0.615 bits per heavy atom. The number of pyridine rings is 2. The van der Waals surface area contributed by atoms with Crippen molar-refractivity contribution < 1.29 is 0 Å². The summed E-state index contributed by atoms with van der Waals surface area (Å²) in [6.07, 6.45) is 1.83. The number of hydrogen-bond donors (Lipinski definition) is 0. The average Bonchev–Trinajstić information content (AvgIpc) is 3.01. The summed E-state index contributed by atoms with van der Waals surface area (Å²) >= 11 is 0. The van der Waals surface area contributed by atoms with E-state index in [1.807, 2.05) is 98.0 Å². The first-order valence-corrected chi connectivity index (χ1v) is 12.9. The van der Waals surface area contributed by atoms with Gasteiger partial charge in [-0.1, -0.05) is 110 Å². The van der Waals surface area contributed by atoms with Gasteiger partial charge in [0, 0.05) is 33.8 Å². The number of benzene rings is 4. The third-order valence-electron chi connectivity index (χ3n) is 6.68. The van der Waals surface area contributed by atoms with Gasteiger partial charge >= 0.3 is 0 Å². The molecular weight excluding hydrogens is 476 g/mol. The van der Waals surface area contributed by atoms with Crippen LogP contribution < -0.4 is 0 Å². The second-order valence-electron chi connectivity index (χ2n) is 9.27. The Kier molecular flexibility index (Phi) is 6.59. The minimum atomic E-state index is 0.606. The monoisotopic (exact) mass is 502 g/mol. The maximum Gasteiger partial charge on any atom is 0.160 e. The highest BCUT2D eigenvalue weighted by atomic mass is 14.9. The molecule has 0 spiro atoms. The lowest BCUT2D eigenvalue weighted by Crippen LogP contribution is -2.04. The molecule has 0 bridgehead atoms. The molecular formula is C35H26N4. The van der Waals surface area contributed by atoms with Gasteiger partial charge in [-0.2, -0.15) is 0 Å². The maximum atomic E-state index is 5.01. The van der Waals surface area contributed by atoms with Crippen LogP contribution in [0.15, 0.2) is 144 Å². The molecule has 2 heterocycles. The van der Waals surface area contributed by atoms with Crippen molar-refractivity contribution in [1.29, 1.82) is 0 Å². The van der Waals surface area contributed by atoms with Crippen LogP contribution in [-0.2, 0) is 0 Å². The summed E-state index contributed by atoms with van der Waals surface area (Å²) in [7, 11) is 0. The molecule has 6 aromatic rings. The molecule has 0 saturated carbocycles. The predicted octanol–water partition coefficient (Wildman–Crippen LogP) is 8.38. The van der Waals surface area contributed by atoms with Crippen LogP contribution in [0.1, 0.15) is 23.6 Å². The number of aliphatic imine (C=N–C) groups is 2. The van der Waals surface area contributed by atoms with Crippen molar-refractivity contribution in [3.63, 3.8) is 0 Å². The van der Waals surface area contributed by atoms with E-state index < -0.39 is 0 Å². The molecule has 0 aliphatic heterocycles. The topological polar surface area (TPSA) is 50.5 Å². The third kappa shape index (κ3) is 5.00. The van der Waals surface area contributed by atoms with Crippen molar-refractivity contribution >= 4 is 39.1 Å². The Labute approximate surface area is 227 Å². The minimum absolute atomic E-state index is 0.606. The predicted molar refractivity (Wildman–Crippen MR) is 163 cm³/mol. The number of para-hydroxylation sites is 1. The first kappa shape index (κ1) is 24.1. The van der Waals surface area contributed by atoms with E-state index in [-0.39, 0.29) is 0 Å². The van der Waals surface area contributed by atoms with Crippen molar-refractivity contribution in [2.45, 2.75) is 6.92 Å². The summed E-state index contributed by atoms with van der Waals surface area (Å²) in [4.78, 5) is 19.5. The highest BCUT2D eigenvalue weighted by molar-refractivity contribution is 6.13. The molecule has 4 heteroatoms. The minimum Gasteiger partial charge on any atom is -0.255 e. The molecule has 0 aliphatic carbocycles. The van der Waals surface area contributed by atoms with Gasteiger partial charge in [0.1, 0.15) is 0 Å². The van der Waals surface area contributed by atoms with Gasteiger partial charge in [-0.05, 0) is 36.2 Å². The number of nitrogens with zero attached hydrogens (tertiary/aromatic N) is 4. The fourth-order valence-corrected chi connectivity index (χ4v) is 4.64. The summed E-state index contributed by atoms with van der Waals surface area (Å²) < 4.78 is 0. The van der Waals surface area contributed by atoms with E-state index in [1.165, 1.54) is 0 Å². The standard InChI is InChI=1S/C35H26N4/c1-24(26-12-5-3-6-13-26)37-35(38-25(2)27-14-7-4-8-15-27)29-21-19-28(20-22-29)33-31-17-11-23-36-34(31)30-16-9-10-18-32(30)39-33/h3-23H,1H2,2H3. The zero-order valence-electron chi connectivity index (χ0n) is 21.6. The fourth-order valence-electron chi connectivity index (χ4n) is 4.64. The first-order valence-electron chi connectivity index (χ1n) is 12.9. The lowest BCUT2D eigenvalue weighted by molar-refractivity contribution is 1.37. The van der Waals surface area contributed by atoms with E-state index in [4.69, 9.17) is 15.0 Å². The molecule has 6 rings (SSSR count). The second-order valence-corrected chi connectivity index (χ2v) is 9.27. The number of hydrogen-bond acceptors (Lipinski definition) is 3. The highest BCUT2D eigenvalue weighted by Crippen LogP contribution is 2.31. The molecule has 0 fully saturated rings. The van der Waals surface area contributed by atoms with Crippen LogP contribution >= 0.6 is 0 Å². The average molecular weight is 503 g/mol. The van der Waals surface area contributed by atoms with Crippen molar-refractivity contribution in [1.82, 2.24) is 9.97 Å². The van der Waals surface area contributed by atoms with Crippen molar-refractivity contribution in [3.8, 4) is 11.3 Å². The SMILES string of the molecule is C=C(N=C(N=C(C)c1ccccc1)c1ccc(-c2nc3ccccc3c3ncccc23)cc1)c1ccccc1. The lowest BCUT2D eigenvalue weighted by atomic mass is 10.0. The molecule has 0 saturated heterocycles. The van der Waals surface area contributed by atoms with E-state index >= 15 is 0 Å². The van der Waals surface area contributed by atoms with Gasteiger partial charge in [0.15, 0.2) is 5.84 Å². The highest BCUT2D eigenvalue weighted by Gasteiger charge is 2.12. The lowest BCUT2D eigenvalue weighted by Gasteiger charge is -2.11. The van der Waals surface area contributed by atoms with Gasteiger partial charge < -0.3 is 0 Å². The molecule has 0 atom stereocenters. The molecule has 0 unspecified atom stereocenters. The molecule has 0 amide bonds. The molecule has 39 heavy (non-hydrogen) atoms. The summed E-state index contributed by atoms with van der Waals surface area (Å²) in [5.41, 5.74) is 8.23. The first-order chi connectivity index (χ1) is 19.2. The van der Waals surface area contributed by atoms with E-state index in [2.05, 4.69) is 48.0 Å². The summed E-state index contributed by atoms with van der Waals surface area (Å²) in [5.74, 6) is 0.606. The Balaban J connectivity index is 1.44. The fraction of sp³-hybridized carbons (Fsp3) is 0.0286. The van der Waals surface area contributed by atoms with Crippen LogP contribution in [0, 0.1) is 0 Å². The van der Waals surface area contributed by atoms with Crippen LogP contribution in [0.2, 0.25) is 0 Å². The zero-order chi connectivity index (χ0) is 26.6. The Bertz CT molecular complexity index is 1850. The molecule has 0 aliphatic rings. The summed E-state index contributed by atoms with van der Waals surface area (Å²) in [5, 5.41) is 2.07. The number of aromatic nitrogens is 2. The van der Waals surface area contributed by atoms with Gasteiger partial charge in [0.2, 0.25) is 0 Å². The Morgan fingerprint density at radius 2 is 1.26 bits per heavy atom. The maximum absolute atomic E-state index is 5.01. The van der Waals surface area contributed by atoms with Crippen molar-refractivity contribution in [3.05, 3.63) is 151 Å². The van der Waals surface area contributed by atoms with Gasteiger partial charge in [-0.3, -0.25) is 4.98 Å². The van der Waals surface area contributed by atoms with E-state index in [1.54, 1.807) is 0 Å². The molecule has 4 nitrogen and oxygen atoms in total. The van der Waals surface area contributed by atoms with E-state index in [0.717, 1.165) is 55.5 Å². The van der Waals surface area contributed by atoms with Crippen LogP contribution in [0.25, 0.3) is 38.8 Å². The molecule has 2 aromatic heterocycles. The Hall–Kier alpha value is -5.22. The summed E-state index contributed by atoms with van der Waals surface area (Å²) in [6.45, 7) is 6.23. The largest absolute Gasteiger partial charge is 0.255 e. The number of amidine groups is 1. The van der Waals surface area contributed by atoms with E-state index in [9.17, 15) is 0 Å². The van der Waals surface area contributed by atoms with Gasteiger partial charge in [-0.25, -0.2) is 15.0 Å². The quantitative estimate of drug-likeness (QED) is 0.135. The van der Waals surface area contributed by atoms with Crippen LogP contribution in [-0.4, -0.2) is 21.5 Å². The van der Waals surface area contributed by atoms with Crippen molar-refractivity contribution in [2.75, 3.05) is 0 Å². The summed E-state index contributed by atoms with van der Waals surface area (Å²) in [6, 6.07) is 40.5. The van der Waals surface area contributed by atoms with Crippen molar-refractivity contribution in [2.24, 2.45) is 9.98 Å². The number of rotatable bonds is 5. The second kappa shape index (κ2) is 10.6. The Morgan fingerprint density at radius 3 is 2.00 bits per heavy atom. The van der Waals surface area contributed by atoms with E-state index in [0.29, 0.717) is 11.5 Å². The molecule has 186 valence electrons. The van der Waals surface area contributed by atoms with Gasteiger partial charge in [0.25, 0.3) is 0 Å². The van der Waals surface area contributed by atoms with Crippen LogP contribution in [0.3, 0.4) is 0 Å². The van der Waals surface area contributed by atoms with Crippen LogP contribution in [0.4, 0.5) is 0 Å². The molecule has 0 radical (unpaired) electrons. The smallest absolute Gasteiger partial charge is 0.160 e. The third-order valence-corrected chi connectivity index (χ3v) is 6.68. The van der Waals surface area contributed by atoms with Gasteiger partial charge in [-0.15, -0.1) is 0 Å². The molecule has 4 aromatic carbocycles. The van der Waals surface area contributed by atoms with Gasteiger partial charge in [0.05, 0.1) is 22.4 Å². The normalized spacial score (nSPS) is 12.1.